The SMILES string of the molecule is O=C([O-])CCSc1nnc(-c2ccc(Cl)cc2Cl)o1. The molecule has 0 saturated carbocycles. The van der Waals surface area contributed by atoms with Crippen LogP contribution >= 0.6 is 35.0 Å². The summed E-state index contributed by atoms with van der Waals surface area (Å²) in [4.78, 5) is 10.3. The van der Waals surface area contributed by atoms with Crippen LogP contribution in [0.5, 0.6) is 0 Å². The molecule has 0 unspecified atom stereocenters. The average molecular weight is 318 g/mol. The van der Waals surface area contributed by atoms with Crippen LogP contribution in [-0.4, -0.2) is 21.9 Å². The van der Waals surface area contributed by atoms with Gasteiger partial charge < -0.3 is 14.3 Å². The lowest BCUT2D eigenvalue weighted by Gasteiger charge is -1.99. The Morgan fingerprint density at radius 2 is 2.16 bits per heavy atom. The first kappa shape index (κ1) is 14.2. The number of carboxylic acids is 1. The summed E-state index contributed by atoms with van der Waals surface area (Å²) in [6.07, 6.45) is -0.0793. The first-order valence-corrected chi connectivity index (χ1v) is 6.92. The number of thioether (sulfide) groups is 1. The second kappa shape index (κ2) is 6.27. The number of benzene rings is 1. The zero-order valence-corrected chi connectivity index (χ0v) is 11.8. The normalized spacial score (nSPS) is 10.6. The van der Waals surface area contributed by atoms with Gasteiger partial charge in [-0.2, -0.15) is 0 Å². The Bertz CT molecular complexity index is 603. The lowest BCUT2D eigenvalue weighted by Crippen LogP contribution is -2.22. The van der Waals surface area contributed by atoms with E-state index in [1.54, 1.807) is 18.2 Å². The summed E-state index contributed by atoms with van der Waals surface area (Å²) in [6.45, 7) is 0. The van der Waals surface area contributed by atoms with Crippen molar-refractivity contribution in [2.24, 2.45) is 0 Å². The number of aliphatic carboxylic acids is 1. The molecule has 0 spiro atoms. The minimum absolute atomic E-state index is 0.0793. The number of hydrogen-bond acceptors (Lipinski definition) is 6. The number of carbonyl (C=O) groups excluding carboxylic acids is 1. The standard InChI is InChI=1S/C11H8Cl2N2O3S/c12-6-1-2-7(8(13)5-6)10-14-15-11(18-10)19-4-3-9(16)17/h1-2,5H,3-4H2,(H,16,17)/p-1. The molecule has 0 bridgehead atoms. The van der Waals surface area contributed by atoms with Crippen molar-refractivity contribution in [3.8, 4) is 11.5 Å². The van der Waals surface area contributed by atoms with E-state index in [1.165, 1.54) is 0 Å². The van der Waals surface area contributed by atoms with Gasteiger partial charge >= 0.3 is 0 Å². The van der Waals surface area contributed by atoms with Gasteiger partial charge in [-0.25, -0.2) is 0 Å². The van der Waals surface area contributed by atoms with Crippen LogP contribution in [0.15, 0.2) is 27.8 Å². The third-order valence-electron chi connectivity index (χ3n) is 2.10. The van der Waals surface area contributed by atoms with E-state index in [1.807, 2.05) is 0 Å². The van der Waals surface area contributed by atoms with Crippen molar-refractivity contribution in [1.82, 2.24) is 10.2 Å². The number of rotatable bonds is 5. The highest BCUT2D eigenvalue weighted by Gasteiger charge is 2.12. The Labute approximate surface area is 122 Å². The molecule has 2 aromatic rings. The van der Waals surface area contributed by atoms with E-state index < -0.39 is 5.97 Å². The Morgan fingerprint density at radius 1 is 1.37 bits per heavy atom. The van der Waals surface area contributed by atoms with Crippen LogP contribution in [0, 0.1) is 0 Å². The van der Waals surface area contributed by atoms with Crippen LogP contribution < -0.4 is 5.11 Å². The predicted molar refractivity (Wildman–Crippen MR) is 70.1 cm³/mol. The van der Waals surface area contributed by atoms with Gasteiger partial charge in [0.25, 0.3) is 5.22 Å². The van der Waals surface area contributed by atoms with Crippen LogP contribution in [0.4, 0.5) is 0 Å². The van der Waals surface area contributed by atoms with Gasteiger partial charge in [-0.3, -0.25) is 0 Å². The van der Waals surface area contributed by atoms with Gasteiger partial charge in [0.1, 0.15) is 0 Å². The Balaban J connectivity index is 2.10. The van der Waals surface area contributed by atoms with Gasteiger partial charge in [-0.15, -0.1) is 10.2 Å². The summed E-state index contributed by atoms with van der Waals surface area (Å²) in [7, 11) is 0. The van der Waals surface area contributed by atoms with Gasteiger partial charge in [-0.05, 0) is 24.6 Å². The second-order valence-electron chi connectivity index (χ2n) is 3.47. The molecule has 19 heavy (non-hydrogen) atoms. The molecule has 0 fully saturated rings. The molecule has 0 atom stereocenters. The molecule has 2 rings (SSSR count). The number of aromatic nitrogens is 2. The van der Waals surface area contributed by atoms with Crippen molar-refractivity contribution in [1.29, 1.82) is 0 Å². The van der Waals surface area contributed by atoms with Crippen LogP contribution in [0.2, 0.25) is 10.0 Å². The molecular weight excluding hydrogens is 311 g/mol. The summed E-state index contributed by atoms with van der Waals surface area (Å²) in [5.41, 5.74) is 0.574. The Morgan fingerprint density at radius 3 is 2.84 bits per heavy atom. The number of nitrogens with zero attached hydrogens (tertiary/aromatic N) is 2. The molecule has 1 aromatic carbocycles. The van der Waals surface area contributed by atoms with Crippen molar-refractivity contribution in [3.63, 3.8) is 0 Å². The van der Waals surface area contributed by atoms with Crippen molar-refractivity contribution in [3.05, 3.63) is 28.2 Å². The molecule has 0 aliphatic rings. The van der Waals surface area contributed by atoms with Crippen molar-refractivity contribution < 1.29 is 14.3 Å². The zero-order valence-electron chi connectivity index (χ0n) is 9.43. The molecule has 5 nitrogen and oxygen atoms in total. The van der Waals surface area contributed by atoms with E-state index in [4.69, 9.17) is 27.6 Å². The number of carbonyl (C=O) groups is 1. The topological polar surface area (TPSA) is 79.0 Å². The smallest absolute Gasteiger partial charge is 0.276 e. The van der Waals surface area contributed by atoms with E-state index in [0.717, 1.165) is 11.8 Å². The van der Waals surface area contributed by atoms with E-state index >= 15 is 0 Å². The average Bonchev–Trinajstić information content (AvgIpc) is 2.77. The summed E-state index contributed by atoms with van der Waals surface area (Å²) < 4.78 is 5.37. The largest absolute Gasteiger partial charge is 0.550 e. The fourth-order valence-corrected chi connectivity index (χ4v) is 2.43. The first-order chi connectivity index (χ1) is 9.06. The number of halogens is 2. The van der Waals surface area contributed by atoms with Crippen molar-refractivity contribution >= 4 is 40.9 Å². The number of hydrogen-bond donors (Lipinski definition) is 0. The van der Waals surface area contributed by atoms with Crippen molar-refractivity contribution in [2.75, 3.05) is 5.75 Å². The molecule has 8 heteroatoms. The molecule has 100 valence electrons. The van der Waals surface area contributed by atoms with Crippen LogP contribution in [0.25, 0.3) is 11.5 Å². The van der Waals surface area contributed by atoms with Crippen LogP contribution in [0.3, 0.4) is 0 Å². The molecule has 1 aromatic heterocycles. The highest BCUT2D eigenvalue weighted by atomic mass is 35.5. The molecule has 0 aliphatic heterocycles. The lowest BCUT2D eigenvalue weighted by atomic mass is 10.2. The monoisotopic (exact) mass is 317 g/mol. The molecule has 0 saturated heterocycles. The fourth-order valence-electron chi connectivity index (χ4n) is 1.26. The van der Waals surface area contributed by atoms with E-state index in [0.29, 0.717) is 21.4 Å². The summed E-state index contributed by atoms with van der Waals surface area (Å²) in [5, 5.41) is 19.1. The fraction of sp³-hybridized carbons (Fsp3) is 0.182. The third-order valence-corrected chi connectivity index (χ3v) is 3.47. The first-order valence-electron chi connectivity index (χ1n) is 5.18. The summed E-state index contributed by atoms with van der Waals surface area (Å²) in [5.74, 6) is -0.552. The van der Waals surface area contributed by atoms with Gasteiger partial charge in [0.2, 0.25) is 5.89 Å². The molecule has 0 N–H and O–H groups in total. The number of carboxylic acid groups (broad SMARTS) is 1. The van der Waals surface area contributed by atoms with E-state index in [-0.39, 0.29) is 17.5 Å². The molecule has 1 heterocycles. The van der Waals surface area contributed by atoms with E-state index in [9.17, 15) is 9.90 Å². The maximum Gasteiger partial charge on any atom is 0.276 e. The Kier molecular flexibility index (Phi) is 4.68. The predicted octanol–water partition coefficient (Wildman–Crippen LogP) is 2.28. The van der Waals surface area contributed by atoms with Crippen LogP contribution in [-0.2, 0) is 4.79 Å². The molecular formula is C11H7Cl2N2O3S-. The maximum atomic E-state index is 10.3. The Hall–Kier alpha value is -1.24. The highest BCUT2D eigenvalue weighted by molar-refractivity contribution is 7.99. The van der Waals surface area contributed by atoms with Gasteiger partial charge in [-0.1, -0.05) is 35.0 Å². The molecule has 0 amide bonds. The van der Waals surface area contributed by atoms with E-state index in [2.05, 4.69) is 10.2 Å². The van der Waals surface area contributed by atoms with Gasteiger partial charge in [0.15, 0.2) is 0 Å². The van der Waals surface area contributed by atoms with Crippen LogP contribution in [0.1, 0.15) is 6.42 Å². The lowest BCUT2D eigenvalue weighted by molar-refractivity contribution is -0.305. The third kappa shape index (κ3) is 3.86. The zero-order chi connectivity index (χ0) is 13.8. The summed E-state index contributed by atoms with van der Waals surface area (Å²) >= 11 is 12.9. The second-order valence-corrected chi connectivity index (χ2v) is 5.36. The molecule has 0 aliphatic carbocycles. The quantitative estimate of drug-likeness (QED) is 0.787. The maximum absolute atomic E-state index is 10.3. The minimum atomic E-state index is -1.12. The summed E-state index contributed by atoms with van der Waals surface area (Å²) in [6, 6.07) is 4.91. The molecule has 0 radical (unpaired) electrons. The minimum Gasteiger partial charge on any atom is -0.550 e. The highest BCUT2D eigenvalue weighted by Crippen LogP contribution is 2.30. The van der Waals surface area contributed by atoms with Gasteiger partial charge in [0, 0.05) is 16.7 Å². The van der Waals surface area contributed by atoms with Crippen molar-refractivity contribution in [2.45, 2.75) is 11.6 Å². The van der Waals surface area contributed by atoms with Gasteiger partial charge in [0.05, 0.1) is 10.6 Å².